The Morgan fingerprint density at radius 1 is 1.24 bits per heavy atom. The van der Waals surface area contributed by atoms with Crippen LogP contribution in [0.25, 0.3) is 0 Å². The number of benzene rings is 2. The third-order valence-electron chi connectivity index (χ3n) is 4.85. The Labute approximate surface area is 176 Å². The van der Waals surface area contributed by atoms with Gasteiger partial charge >= 0.3 is 0 Å². The summed E-state index contributed by atoms with van der Waals surface area (Å²) in [5, 5.41) is 3.43. The van der Waals surface area contributed by atoms with Crippen LogP contribution in [0.2, 0.25) is 5.02 Å². The van der Waals surface area contributed by atoms with E-state index < -0.39 is 10.0 Å². The van der Waals surface area contributed by atoms with E-state index in [2.05, 4.69) is 9.71 Å². The van der Waals surface area contributed by atoms with E-state index in [1.807, 2.05) is 37.1 Å². The van der Waals surface area contributed by atoms with Gasteiger partial charge in [0.2, 0.25) is 5.91 Å². The molecule has 0 atom stereocenters. The van der Waals surface area contributed by atoms with E-state index in [9.17, 15) is 13.2 Å². The van der Waals surface area contributed by atoms with Gasteiger partial charge in [0.05, 0.1) is 4.90 Å². The summed E-state index contributed by atoms with van der Waals surface area (Å²) in [7, 11) is -1.99. The molecule has 0 aromatic heterocycles. The highest BCUT2D eigenvalue weighted by molar-refractivity contribution is 7.90. The molecule has 6 nitrogen and oxygen atoms in total. The second kappa shape index (κ2) is 8.97. The fourth-order valence-electron chi connectivity index (χ4n) is 3.11. The topological polar surface area (TPSA) is 78.8 Å². The van der Waals surface area contributed by atoms with Gasteiger partial charge in [-0.15, -0.1) is 4.40 Å². The fraction of sp³-hybridized carbons (Fsp3) is 0.333. The number of amidine groups is 1. The molecule has 2 aromatic rings. The first-order valence-corrected chi connectivity index (χ1v) is 11.3. The van der Waals surface area contributed by atoms with Crippen molar-refractivity contribution in [3.05, 3.63) is 58.6 Å². The highest BCUT2D eigenvalue weighted by atomic mass is 35.5. The van der Waals surface area contributed by atoms with E-state index in [4.69, 9.17) is 11.6 Å². The van der Waals surface area contributed by atoms with Gasteiger partial charge in [-0.1, -0.05) is 29.8 Å². The summed E-state index contributed by atoms with van der Waals surface area (Å²) < 4.78 is 29.2. The van der Waals surface area contributed by atoms with Crippen molar-refractivity contribution in [1.29, 1.82) is 0 Å². The van der Waals surface area contributed by atoms with Crippen LogP contribution in [0, 0.1) is 6.92 Å². The van der Waals surface area contributed by atoms with Crippen LogP contribution in [0.4, 0.5) is 5.69 Å². The average Bonchev–Trinajstić information content (AvgIpc) is 3.07. The minimum Gasteiger partial charge on any atom is -0.362 e. The number of carbonyl (C=O) groups is 1. The summed E-state index contributed by atoms with van der Waals surface area (Å²) in [5.41, 5.74) is 2.40. The lowest BCUT2D eigenvalue weighted by Crippen LogP contribution is -2.20. The smallest absolute Gasteiger partial charge is 0.284 e. The van der Waals surface area contributed by atoms with Gasteiger partial charge in [0.15, 0.2) is 0 Å². The predicted octanol–water partition coefficient (Wildman–Crippen LogP) is 4.03. The third kappa shape index (κ3) is 5.58. The molecular formula is C21H24ClN3O3S. The van der Waals surface area contributed by atoms with Gasteiger partial charge < -0.3 is 10.2 Å². The SMILES string of the molecule is Cc1ccc(CCC(=O)Nc2cccc(S(=O)(=O)/N=C3\CCCN3C)c2)cc1Cl. The number of aryl methyl sites for hydroxylation is 2. The predicted molar refractivity (Wildman–Crippen MR) is 116 cm³/mol. The van der Waals surface area contributed by atoms with E-state index >= 15 is 0 Å². The number of nitrogens with zero attached hydrogens (tertiary/aromatic N) is 2. The van der Waals surface area contributed by atoms with E-state index in [1.54, 1.807) is 12.1 Å². The molecular weight excluding hydrogens is 410 g/mol. The van der Waals surface area contributed by atoms with Gasteiger partial charge in [-0.2, -0.15) is 8.42 Å². The van der Waals surface area contributed by atoms with Crippen molar-refractivity contribution in [2.75, 3.05) is 18.9 Å². The molecule has 1 fully saturated rings. The number of carbonyl (C=O) groups excluding carboxylic acids is 1. The van der Waals surface area contributed by atoms with E-state index in [0.717, 1.165) is 24.1 Å². The Morgan fingerprint density at radius 2 is 2.03 bits per heavy atom. The van der Waals surface area contributed by atoms with Gasteiger partial charge in [-0.25, -0.2) is 0 Å². The van der Waals surface area contributed by atoms with Crippen molar-refractivity contribution in [2.24, 2.45) is 4.40 Å². The lowest BCUT2D eigenvalue weighted by molar-refractivity contribution is -0.116. The van der Waals surface area contributed by atoms with E-state index in [1.165, 1.54) is 12.1 Å². The summed E-state index contributed by atoms with van der Waals surface area (Å²) in [6.07, 6.45) is 2.36. The molecule has 0 aliphatic carbocycles. The third-order valence-corrected chi connectivity index (χ3v) is 6.56. The van der Waals surface area contributed by atoms with Crippen molar-refractivity contribution in [3.63, 3.8) is 0 Å². The minimum absolute atomic E-state index is 0.0633. The van der Waals surface area contributed by atoms with Gasteiger partial charge in [-0.05, 0) is 55.2 Å². The summed E-state index contributed by atoms with van der Waals surface area (Å²) in [5.74, 6) is 0.370. The van der Waals surface area contributed by atoms with Crippen LogP contribution in [0.15, 0.2) is 51.8 Å². The normalized spacial score (nSPS) is 15.7. The Balaban J connectivity index is 1.66. The van der Waals surface area contributed by atoms with Crippen LogP contribution in [0.5, 0.6) is 0 Å². The van der Waals surface area contributed by atoms with Gasteiger partial charge in [0.1, 0.15) is 5.84 Å². The molecule has 0 bridgehead atoms. The summed E-state index contributed by atoms with van der Waals surface area (Å²) in [6.45, 7) is 2.73. The first-order valence-electron chi connectivity index (χ1n) is 9.44. The number of rotatable bonds is 6. The average molecular weight is 434 g/mol. The van der Waals surface area contributed by atoms with Crippen LogP contribution < -0.4 is 5.32 Å². The van der Waals surface area contributed by atoms with E-state index in [-0.39, 0.29) is 17.2 Å². The molecule has 1 amide bonds. The minimum atomic E-state index is -3.82. The van der Waals surface area contributed by atoms with Crippen LogP contribution in [0.3, 0.4) is 0 Å². The van der Waals surface area contributed by atoms with Crippen molar-refractivity contribution < 1.29 is 13.2 Å². The Morgan fingerprint density at radius 3 is 2.72 bits per heavy atom. The molecule has 2 aromatic carbocycles. The van der Waals surface area contributed by atoms with Crippen molar-refractivity contribution in [2.45, 2.75) is 37.5 Å². The molecule has 1 saturated heterocycles. The highest BCUT2D eigenvalue weighted by Crippen LogP contribution is 2.21. The van der Waals surface area contributed by atoms with Gasteiger partial charge in [0.25, 0.3) is 10.0 Å². The number of hydrogen-bond acceptors (Lipinski definition) is 3. The fourth-order valence-corrected chi connectivity index (χ4v) is 4.45. The van der Waals surface area contributed by atoms with Crippen molar-refractivity contribution in [3.8, 4) is 0 Å². The number of amides is 1. The van der Waals surface area contributed by atoms with Gasteiger partial charge in [0, 0.05) is 37.1 Å². The number of halogens is 1. The molecule has 0 spiro atoms. The molecule has 1 aliphatic rings. The molecule has 8 heteroatoms. The zero-order chi connectivity index (χ0) is 21.0. The van der Waals surface area contributed by atoms with Crippen LogP contribution in [-0.4, -0.2) is 38.7 Å². The molecule has 0 unspecified atom stereocenters. The second-order valence-electron chi connectivity index (χ2n) is 7.17. The molecule has 154 valence electrons. The van der Waals surface area contributed by atoms with Crippen LogP contribution in [0.1, 0.15) is 30.4 Å². The number of likely N-dealkylation sites (tertiary alicyclic amines) is 1. The number of hydrogen-bond donors (Lipinski definition) is 1. The van der Waals surface area contributed by atoms with Crippen LogP contribution in [-0.2, 0) is 21.2 Å². The highest BCUT2D eigenvalue weighted by Gasteiger charge is 2.20. The Hall–Kier alpha value is -2.38. The first kappa shape index (κ1) is 21.3. The number of nitrogens with one attached hydrogen (secondary N) is 1. The Bertz CT molecular complexity index is 1050. The largest absolute Gasteiger partial charge is 0.362 e. The second-order valence-corrected chi connectivity index (χ2v) is 9.18. The maximum atomic E-state index is 12.6. The summed E-state index contributed by atoms with van der Waals surface area (Å²) in [4.78, 5) is 14.2. The lowest BCUT2D eigenvalue weighted by atomic mass is 10.1. The molecule has 1 N–H and O–H groups in total. The monoisotopic (exact) mass is 433 g/mol. The zero-order valence-corrected chi connectivity index (χ0v) is 18.1. The van der Waals surface area contributed by atoms with Gasteiger partial charge in [-0.3, -0.25) is 4.79 Å². The standard InChI is InChI=1S/C21H24ClN3O3S/c1-15-8-9-16(13-19(15)22)10-11-21(26)23-17-5-3-6-18(14-17)29(27,28)24-20-7-4-12-25(20)2/h3,5-6,8-9,13-14H,4,7,10-12H2,1-2H3,(H,23,26)/b24-20+. The molecule has 1 heterocycles. The number of sulfonamides is 1. The maximum Gasteiger partial charge on any atom is 0.284 e. The van der Waals surface area contributed by atoms with Crippen molar-refractivity contribution >= 4 is 39.1 Å². The molecule has 0 saturated carbocycles. The van der Waals surface area contributed by atoms with E-state index in [0.29, 0.717) is 29.4 Å². The van der Waals surface area contributed by atoms with Crippen LogP contribution >= 0.6 is 11.6 Å². The molecule has 3 rings (SSSR count). The molecule has 29 heavy (non-hydrogen) atoms. The van der Waals surface area contributed by atoms with Crippen molar-refractivity contribution in [1.82, 2.24) is 4.90 Å². The zero-order valence-electron chi connectivity index (χ0n) is 16.5. The molecule has 0 radical (unpaired) electrons. The number of anilines is 1. The lowest BCUT2D eigenvalue weighted by Gasteiger charge is -2.11. The quantitative estimate of drug-likeness (QED) is 0.745. The summed E-state index contributed by atoms with van der Waals surface area (Å²) in [6, 6.07) is 11.9. The summed E-state index contributed by atoms with van der Waals surface area (Å²) >= 11 is 6.12. The Kier molecular flexibility index (Phi) is 6.59. The first-order chi connectivity index (χ1) is 13.7. The molecule has 1 aliphatic heterocycles. The maximum absolute atomic E-state index is 12.6.